The van der Waals surface area contributed by atoms with E-state index >= 15 is 0 Å². The maximum absolute atomic E-state index is 12.8. The molecule has 1 atom stereocenters. The maximum atomic E-state index is 12.8. The van der Waals surface area contributed by atoms with E-state index < -0.39 is 0 Å². The Bertz CT molecular complexity index is 891. The van der Waals surface area contributed by atoms with Crippen LogP contribution in [0.15, 0.2) is 59.0 Å². The van der Waals surface area contributed by atoms with Gasteiger partial charge in [-0.2, -0.15) is 0 Å². The molecule has 0 N–H and O–H groups in total. The molecular formula is C22H25N3O3. The van der Waals surface area contributed by atoms with Crippen LogP contribution in [-0.2, 0) is 11.2 Å². The number of nitrogens with zero attached hydrogens (tertiary/aromatic N) is 3. The molecule has 2 aromatic carbocycles. The molecule has 146 valence electrons. The summed E-state index contributed by atoms with van der Waals surface area (Å²) in [5, 5.41) is 8.07. The van der Waals surface area contributed by atoms with Crippen LogP contribution >= 0.6 is 0 Å². The molecule has 0 bridgehead atoms. The summed E-state index contributed by atoms with van der Waals surface area (Å²) in [5.41, 5.74) is 2.15. The number of amides is 1. The lowest BCUT2D eigenvalue weighted by Crippen LogP contribution is -2.30. The zero-order chi connectivity index (χ0) is 19.9. The fourth-order valence-corrected chi connectivity index (χ4v) is 3.03. The first-order valence-electron chi connectivity index (χ1n) is 9.28. The predicted molar refractivity (Wildman–Crippen MR) is 106 cm³/mol. The highest BCUT2D eigenvalue weighted by atomic mass is 16.5. The largest absolute Gasteiger partial charge is 0.497 e. The summed E-state index contributed by atoms with van der Waals surface area (Å²) in [6.45, 7) is 2.39. The molecule has 0 saturated carbocycles. The summed E-state index contributed by atoms with van der Waals surface area (Å²) in [5.74, 6) is 1.59. The number of carbonyl (C=O) groups is 1. The van der Waals surface area contributed by atoms with Crippen LogP contribution in [0.1, 0.15) is 35.2 Å². The van der Waals surface area contributed by atoms with E-state index in [-0.39, 0.29) is 18.2 Å². The topological polar surface area (TPSA) is 68.5 Å². The second kappa shape index (κ2) is 9.17. The van der Waals surface area contributed by atoms with E-state index in [2.05, 4.69) is 10.2 Å². The first-order valence-corrected chi connectivity index (χ1v) is 9.28. The molecule has 1 unspecified atom stereocenters. The van der Waals surface area contributed by atoms with Crippen molar-refractivity contribution < 1.29 is 13.9 Å². The molecule has 0 aliphatic heterocycles. The number of likely N-dealkylation sites (N-methyl/N-ethyl adjacent to an activating group) is 1. The van der Waals surface area contributed by atoms with Crippen LogP contribution < -0.4 is 4.74 Å². The highest BCUT2D eigenvalue weighted by molar-refractivity contribution is 5.77. The van der Waals surface area contributed by atoms with Gasteiger partial charge in [0.1, 0.15) is 5.75 Å². The fraction of sp³-hybridized carbons (Fsp3) is 0.318. The smallest absolute Gasteiger partial charge is 0.224 e. The molecule has 0 aliphatic rings. The zero-order valence-corrected chi connectivity index (χ0v) is 16.5. The van der Waals surface area contributed by atoms with Crippen molar-refractivity contribution in [3.8, 4) is 5.75 Å². The monoisotopic (exact) mass is 379 g/mol. The van der Waals surface area contributed by atoms with Gasteiger partial charge < -0.3 is 14.1 Å². The number of rotatable bonds is 8. The van der Waals surface area contributed by atoms with Crippen LogP contribution in [0.5, 0.6) is 5.75 Å². The van der Waals surface area contributed by atoms with Crippen LogP contribution in [0.25, 0.3) is 0 Å². The van der Waals surface area contributed by atoms with Gasteiger partial charge in [0, 0.05) is 26.9 Å². The summed E-state index contributed by atoms with van der Waals surface area (Å²) in [4.78, 5) is 14.6. The number of hydrogen-bond donors (Lipinski definition) is 0. The molecule has 6 heteroatoms. The molecule has 0 spiro atoms. The van der Waals surface area contributed by atoms with Crippen molar-refractivity contribution in [2.75, 3.05) is 20.7 Å². The van der Waals surface area contributed by atoms with Gasteiger partial charge in [0.2, 0.25) is 17.7 Å². The molecule has 0 fully saturated rings. The zero-order valence-electron chi connectivity index (χ0n) is 16.5. The summed E-state index contributed by atoms with van der Waals surface area (Å²) in [6.07, 6.45) is 1.06. The van der Waals surface area contributed by atoms with Crippen LogP contribution in [0.4, 0.5) is 0 Å². The molecule has 0 aliphatic carbocycles. The lowest BCUT2D eigenvalue weighted by atomic mass is 9.95. The maximum Gasteiger partial charge on any atom is 0.224 e. The Morgan fingerprint density at radius 2 is 1.82 bits per heavy atom. The first kappa shape index (κ1) is 19.6. The molecule has 3 aromatic rings. The number of aromatic nitrogens is 2. The SMILES string of the molecule is COc1ccc(CCN(C)C(=O)CC(c2ccccc2)c2nnc(C)o2)cc1. The quantitative estimate of drug-likeness (QED) is 0.598. The van der Waals surface area contributed by atoms with E-state index in [1.54, 1.807) is 18.9 Å². The van der Waals surface area contributed by atoms with Crippen molar-refractivity contribution >= 4 is 5.91 Å². The molecule has 1 amide bonds. The fourth-order valence-electron chi connectivity index (χ4n) is 3.03. The van der Waals surface area contributed by atoms with Crippen LogP contribution in [-0.4, -0.2) is 41.7 Å². The predicted octanol–water partition coefficient (Wildman–Crippen LogP) is 3.61. The van der Waals surface area contributed by atoms with E-state index in [0.717, 1.165) is 23.3 Å². The van der Waals surface area contributed by atoms with Gasteiger partial charge in [-0.25, -0.2) is 0 Å². The van der Waals surface area contributed by atoms with Gasteiger partial charge in [-0.15, -0.1) is 10.2 Å². The number of ether oxygens (including phenoxy) is 1. The third-order valence-electron chi connectivity index (χ3n) is 4.74. The molecule has 0 radical (unpaired) electrons. The van der Waals surface area contributed by atoms with Crippen LogP contribution in [0.3, 0.4) is 0 Å². The minimum Gasteiger partial charge on any atom is -0.497 e. The summed E-state index contributed by atoms with van der Waals surface area (Å²) < 4.78 is 10.8. The van der Waals surface area contributed by atoms with Gasteiger partial charge in [-0.3, -0.25) is 4.79 Å². The van der Waals surface area contributed by atoms with E-state index in [4.69, 9.17) is 9.15 Å². The van der Waals surface area contributed by atoms with Crippen molar-refractivity contribution in [2.45, 2.75) is 25.7 Å². The van der Waals surface area contributed by atoms with E-state index in [1.807, 2.05) is 61.6 Å². The summed E-state index contributed by atoms with van der Waals surface area (Å²) in [7, 11) is 3.47. The van der Waals surface area contributed by atoms with Gasteiger partial charge >= 0.3 is 0 Å². The van der Waals surface area contributed by atoms with E-state index in [1.165, 1.54) is 0 Å². The Labute approximate surface area is 165 Å². The van der Waals surface area contributed by atoms with Crippen LogP contribution in [0.2, 0.25) is 0 Å². The molecule has 1 aromatic heterocycles. The Morgan fingerprint density at radius 3 is 2.43 bits per heavy atom. The summed E-state index contributed by atoms with van der Waals surface area (Å²) >= 11 is 0. The van der Waals surface area contributed by atoms with Crippen molar-refractivity contribution in [1.82, 2.24) is 15.1 Å². The number of carbonyl (C=O) groups excluding carboxylic acids is 1. The third kappa shape index (κ3) is 4.97. The number of benzene rings is 2. The molecule has 28 heavy (non-hydrogen) atoms. The average Bonchev–Trinajstić information content (AvgIpc) is 3.17. The molecule has 6 nitrogen and oxygen atoms in total. The molecule has 0 saturated heterocycles. The minimum atomic E-state index is -0.252. The number of aryl methyl sites for hydroxylation is 1. The first-order chi connectivity index (χ1) is 13.6. The Morgan fingerprint density at radius 1 is 1.11 bits per heavy atom. The third-order valence-corrected chi connectivity index (χ3v) is 4.74. The second-order valence-electron chi connectivity index (χ2n) is 6.74. The van der Waals surface area contributed by atoms with E-state index in [9.17, 15) is 4.79 Å². The van der Waals surface area contributed by atoms with Crippen molar-refractivity contribution in [2.24, 2.45) is 0 Å². The average molecular weight is 379 g/mol. The van der Waals surface area contributed by atoms with Gasteiger partial charge in [0.25, 0.3) is 0 Å². The molecular weight excluding hydrogens is 354 g/mol. The second-order valence-corrected chi connectivity index (χ2v) is 6.74. The number of hydrogen-bond acceptors (Lipinski definition) is 5. The Balaban J connectivity index is 1.65. The molecule has 1 heterocycles. The van der Waals surface area contributed by atoms with Gasteiger partial charge in [-0.1, -0.05) is 42.5 Å². The summed E-state index contributed by atoms with van der Waals surface area (Å²) in [6, 6.07) is 17.7. The van der Waals surface area contributed by atoms with Gasteiger partial charge in [0.15, 0.2) is 0 Å². The van der Waals surface area contributed by atoms with Gasteiger partial charge in [0.05, 0.1) is 13.0 Å². The van der Waals surface area contributed by atoms with Crippen molar-refractivity contribution in [3.05, 3.63) is 77.5 Å². The van der Waals surface area contributed by atoms with Crippen molar-refractivity contribution in [3.63, 3.8) is 0 Å². The normalized spacial score (nSPS) is 11.8. The minimum absolute atomic E-state index is 0.0400. The van der Waals surface area contributed by atoms with Crippen molar-refractivity contribution in [1.29, 1.82) is 0 Å². The van der Waals surface area contributed by atoms with Crippen LogP contribution in [0, 0.1) is 6.92 Å². The Kier molecular flexibility index (Phi) is 6.42. The standard InChI is InChI=1S/C22H25N3O3/c1-16-23-24-22(28-16)20(18-7-5-4-6-8-18)15-21(26)25(2)14-13-17-9-11-19(27-3)12-10-17/h4-12,20H,13-15H2,1-3H3. The number of methoxy groups -OCH3 is 1. The lowest BCUT2D eigenvalue weighted by molar-refractivity contribution is -0.130. The lowest BCUT2D eigenvalue weighted by Gasteiger charge is -2.20. The molecule has 3 rings (SSSR count). The van der Waals surface area contributed by atoms with Gasteiger partial charge in [-0.05, 0) is 29.7 Å². The highest BCUT2D eigenvalue weighted by Gasteiger charge is 2.25. The highest BCUT2D eigenvalue weighted by Crippen LogP contribution is 2.27. The Hall–Kier alpha value is -3.15. The van der Waals surface area contributed by atoms with E-state index in [0.29, 0.717) is 18.3 Å².